The second-order valence-corrected chi connectivity index (χ2v) is 5.45. The van der Waals surface area contributed by atoms with E-state index in [9.17, 15) is 4.79 Å². The minimum absolute atomic E-state index is 0.0603. The number of hydrogen-bond donors (Lipinski definition) is 1. The summed E-state index contributed by atoms with van der Waals surface area (Å²) < 4.78 is 0. The SMILES string of the molecule is CC(C)c1nc(N2CCN(C)CC2C)cc(=O)[nH]1. The quantitative estimate of drug-likeness (QED) is 0.852. The molecule has 0 radical (unpaired) electrons. The molecule has 0 amide bonds. The summed E-state index contributed by atoms with van der Waals surface area (Å²) in [6.45, 7) is 9.19. The molecule has 1 fully saturated rings. The summed E-state index contributed by atoms with van der Waals surface area (Å²) in [7, 11) is 2.12. The van der Waals surface area contributed by atoms with Gasteiger partial charge in [-0.15, -0.1) is 0 Å². The van der Waals surface area contributed by atoms with E-state index < -0.39 is 0 Å². The van der Waals surface area contributed by atoms with Crippen LogP contribution in [0.1, 0.15) is 32.5 Å². The first-order valence-electron chi connectivity index (χ1n) is 6.54. The van der Waals surface area contributed by atoms with E-state index >= 15 is 0 Å². The third kappa shape index (κ3) is 2.72. The number of hydrogen-bond acceptors (Lipinski definition) is 4. The first kappa shape index (κ1) is 13.1. The highest BCUT2D eigenvalue weighted by molar-refractivity contribution is 5.39. The number of aromatic amines is 1. The minimum atomic E-state index is -0.0603. The van der Waals surface area contributed by atoms with Crippen LogP contribution in [0.5, 0.6) is 0 Å². The number of H-pyrrole nitrogens is 1. The van der Waals surface area contributed by atoms with Crippen LogP contribution in [-0.2, 0) is 0 Å². The van der Waals surface area contributed by atoms with Gasteiger partial charge in [0.15, 0.2) is 0 Å². The average Bonchev–Trinajstić information content (AvgIpc) is 2.27. The molecular formula is C13H22N4O. The van der Waals surface area contributed by atoms with E-state index in [2.05, 4.69) is 33.7 Å². The normalized spacial score (nSPS) is 21.6. The largest absolute Gasteiger partial charge is 0.351 e. The van der Waals surface area contributed by atoms with E-state index in [0.717, 1.165) is 31.3 Å². The van der Waals surface area contributed by atoms with E-state index in [0.29, 0.717) is 6.04 Å². The van der Waals surface area contributed by atoms with Crippen molar-refractivity contribution in [1.29, 1.82) is 0 Å². The Morgan fingerprint density at radius 3 is 2.78 bits per heavy atom. The van der Waals surface area contributed by atoms with Crippen molar-refractivity contribution in [1.82, 2.24) is 14.9 Å². The summed E-state index contributed by atoms with van der Waals surface area (Å²) in [5.41, 5.74) is -0.0603. The summed E-state index contributed by atoms with van der Waals surface area (Å²) in [6, 6.07) is 1.99. The van der Waals surface area contributed by atoms with Crippen LogP contribution in [0.3, 0.4) is 0 Å². The fourth-order valence-corrected chi connectivity index (χ4v) is 2.36. The molecule has 2 rings (SSSR count). The predicted molar refractivity (Wildman–Crippen MR) is 73.3 cm³/mol. The lowest BCUT2D eigenvalue weighted by atomic mass is 10.2. The highest BCUT2D eigenvalue weighted by Gasteiger charge is 2.23. The van der Waals surface area contributed by atoms with Crippen molar-refractivity contribution in [3.8, 4) is 0 Å². The molecule has 1 aromatic heterocycles. The molecule has 1 unspecified atom stereocenters. The zero-order valence-electron chi connectivity index (χ0n) is 11.6. The van der Waals surface area contributed by atoms with Crippen molar-refractivity contribution < 1.29 is 0 Å². The van der Waals surface area contributed by atoms with Crippen molar-refractivity contribution in [3.05, 3.63) is 22.2 Å². The maximum absolute atomic E-state index is 11.7. The second kappa shape index (κ2) is 5.10. The van der Waals surface area contributed by atoms with Gasteiger partial charge in [0.1, 0.15) is 11.6 Å². The number of nitrogens with one attached hydrogen (secondary N) is 1. The molecule has 1 aliphatic rings. The smallest absolute Gasteiger partial charge is 0.252 e. The van der Waals surface area contributed by atoms with Crippen molar-refractivity contribution >= 4 is 5.82 Å². The van der Waals surface area contributed by atoms with Crippen LogP contribution in [0.15, 0.2) is 10.9 Å². The maximum Gasteiger partial charge on any atom is 0.252 e. The molecule has 0 saturated carbocycles. The van der Waals surface area contributed by atoms with Crippen LogP contribution in [0.2, 0.25) is 0 Å². The van der Waals surface area contributed by atoms with Gasteiger partial charge in [-0.3, -0.25) is 4.79 Å². The molecular weight excluding hydrogens is 228 g/mol. The summed E-state index contributed by atoms with van der Waals surface area (Å²) in [6.07, 6.45) is 0. The van der Waals surface area contributed by atoms with Crippen LogP contribution >= 0.6 is 0 Å². The van der Waals surface area contributed by atoms with Crippen molar-refractivity contribution in [2.45, 2.75) is 32.7 Å². The van der Waals surface area contributed by atoms with E-state index in [1.165, 1.54) is 0 Å². The fourth-order valence-electron chi connectivity index (χ4n) is 2.36. The topological polar surface area (TPSA) is 52.2 Å². The van der Waals surface area contributed by atoms with Crippen LogP contribution in [0.4, 0.5) is 5.82 Å². The molecule has 100 valence electrons. The van der Waals surface area contributed by atoms with E-state index in [1.807, 2.05) is 13.8 Å². The molecule has 0 spiro atoms. The van der Waals surface area contributed by atoms with Gasteiger partial charge >= 0.3 is 0 Å². The summed E-state index contributed by atoms with van der Waals surface area (Å²) >= 11 is 0. The van der Waals surface area contributed by atoms with Crippen LogP contribution in [0.25, 0.3) is 0 Å². The Morgan fingerprint density at radius 2 is 2.17 bits per heavy atom. The average molecular weight is 250 g/mol. The fraction of sp³-hybridized carbons (Fsp3) is 0.692. The third-order valence-corrected chi connectivity index (χ3v) is 3.42. The van der Waals surface area contributed by atoms with Gasteiger partial charge in [-0.25, -0.2) is 4.98 Å². The Labute approximate surface area is 108 Å². The Hall–Kier alpha value is -1.36. The lowest BCUT2D eigenvalue weighted by Crippen LogP contribution is -2.51. The summed E-state index contributed by atoms with van der Waals surface area (Å²) in [4.78, 5) is 23.6. The minimum Gasteiger partial charge on any atom is -0.351 e. The number of piperazine rings is 1. The van der Waals surface area contributed by atoms with Crippen LogP contribution in [0, 0.1) is 0 Å². The molecule has 1 aliphatic heterocycles. The number of likely N-dealkylation sites (N-methyl/N-ethyl adjacent to an activating group) is 1. The van der Waals surface area contributed by atoms with Gasteiger partial charge in [-0.1, -0.05) is 13.8 Å². The van der Waals surface area contributed by atoms with Crippen LogP contribution < -0.4 is 10.5 Å². The van der Waals surface area contributed by atoms with Crippen molar-refractivity contribution in [2.75, 3.05) is 31.6 Å². The van der Waals surface area contributed by atoms with E-state index in [4.69, 9.17) is 0 Å². The molecule has 0 bridgehead atoms. The molecule has 2 heterocycles. The first-order valence-corrected chi connectivity index (χ1v) is 6.54. The highest BCUT2D eigenvalue weighted by Crippen LogP contribution is 2.18. The van der Waals surface area contributed by atoms with Gasteiger partial charge in [0, 0.05) is 37.7 Å². The monoisotopic (exact) mass is 250 g/mol. The Kier molecular flexibility index (Phi) is 3.71. The van der Waals surface area contributed by atoms with Gasteiger partial charge in [0.05, 0.1) is 0 Å². The van der Waals surface area contributed by atoms with Crippen LogP contribution in [-0.4, -0.2) is 47.6 Å². The van der Waals surface area contributed by atoms with Gasteiger partial charge in [-0.2, -0.15) is 0 Å². The zero-order chi connectivity index (χ0) is 13.3. The molecule has 1 aromatic rings. The molecule has 1 saturated heterocycles. The second-order valence-electron chi connectivity index (χ2n) is 5.45. The molecule has 1 N–H and O–H groups in total. The van der Waals surface area contributed by atoms with E-state index in [-0.39, 0.29) is 11.5 Å². The predicted octanol–water partition coefficient (Wildman–Crippen LogP) is 1.03. The molecule has 0 aliphatic carbocycles. The Bertz CT molecular complexity index is 468. The standard InChI is InChI=1S/C13H22N4O/c1-9(2)13-14-11(7-12(18)15-13)17-6-5-16(4)8-10(17)3/h7,9-10H,5-6,8H2,1-4H3,(H,14,15,18). The van der Waals surface area contributed by atoms with Gasteiger partial charge in [0.25, 0.3) is 5.56 Å². The van der Waals surface area contributed by atoms with Gasteiger partial charge < -0.3 is 14.8 Å². The zero-order valence-corrected chi connectivity index (χ0v) is 11.6. The Balaban J connectivity index is 2.30. The lowest BCUT2D eigenvalue weighted by Gasteiger charge is -2.39. The number of nitrogens with zero attached hydrogens (tertiary/aromatic N) is 3. The van der Waals surface area contributed by atoms with Gasteiger partial charge in [-0.05, 0) is 14.0 Å². The molecule has 18 heavy (non-hydrogen) atoms. The summed E-state index contributed by atoms with van der Waals surface area (Å²) in [5.74, 6) is 1.81. The van der Waals surface area contributed by atoms with Crippen molar-refractivity contribution in [3.63, 3.8) is 0 Å². The lowest BCUT2D eigenvalue weighted by molar-refractivity contribution is 0.274. The molecule has 5 heteroatoms. The Morgan fingerprint density at radius 1 is 1.44 bits per heavy atom. The number of rotatable bonds is 2. The first-order chi connectivity index (χ1) is 8.47. The van der Waals surface area contributed by atoms with Gasteiger partial charge in [0.2, 0.25) is 0 Å². The molecule has 5 nitrogen and oxygen atoms in total. The number of anilines is 1. The van der Waals surface area contributed by atoms with Crippen molar-refractivity contribution in [2.24, 2.45) is 0 Å². The van der Waals surface area contributed by atoms with E-state index in [1.54, 1.807) is 6.07 Å². The molecule has 1 atom stereocenters. The molecule has 0 aromatic carbocycles. The summed E-state index contributed by atoms with van der Waals surface area (Å²) in [5, 5.41) is 0. The maximum atomic E-state index is 11.7. The highest BCUT2D eigenvalue weighted by atomic mass is 16.1. The third-order valence-electron chi connectivity index (χ3n) is 3.42. The number of aromatic nitrogens is 2.